The summed E-state index contributed by atoms with van der Waals surface area (Å²) in [5.41, 5.74) is 0.287. The third-order valence-electron chi connectivity index (χ3n) is 2.35. The predicted octanol–water partition coefficient (Wildman–Crippen LogP) is 2.52. The van der Waals surface area contributed by atoms with Crippen molar-refractivity contribution in [1.29, 1.82) is 0 Å². The van der Waals surface area contributed by atoms with Crippen LogP contribution in [-0.2, 0) is 11.2 Å². The molecule has 5 heteroatoms. The number of nitro benzene ring substituents is 1. The lowest BCUT2D eigenvalue weighted by Gasteiger charge is -2.09. The SMILES string of the molecule is CCCCOc1cccc([N+](=O)[O-])c1CC=O. The van der Waals surface area contributed by atoms with Gasteiger partial charge in [0.15, 0.2) is 0 Å². The summed E-state index contributed by atoms with van der Waals surface area (Å²) in [5, 5.41) is 10.8. The Morgan fingerprint density at radius 1 is 1.47 bits per heavy atom. The fraction of sp³-hybridized carbons (Fsp3) is 0.417. The van der Waals surface area contributed by atoms with Crippen molar-refractivity contribution in [2.75, 3.05) is 6.61 Å². The predicted molar refractivity (Wildman–Crippen MR) is 63.3 cm³/mol. The van der Waals surface area contributed by atoms with Crippen LogP contribution in [0.5, 0.6) is 5.75 Å². The van der Waals surface area contributed by atoms with E-state index >= 15 is 0 Å². The number of unbranched alkanes of at least 4 members (excludes halogenated alkanes) is 1. The summed E-state index contributed by atoms with van der Waals surface area (Å²) in [6, 6.07) is 4.60. The summed E-state index contributed by atoms with van der Waals surface area (Å²) in [5.74, 6) is 0.430. The van der Waals surface area contributed by atoms with Gasteiger partial charge in [0.2, 0.25) is 0 Å². The van der Waals surface area contributed by atoms with Gasteiger partial charge in [0.25, 0.3) is 5.69 Å². The lowest BCUT2D eigenvalue weighted by Crippen LogP contribution is -2.03. The number of hydrogen-bond acceptors (Lipinski definition) is 4. The minimum atomic E-state index is -0.495. The van der Waals surface area contributed by atoms with Crippen molar-refractivity contribution in [2.45, 2.75) is 26.2 Å². The van der Waals surface area contributed by atoms with Crippen LogP contribution >= 0.6 is 0 Å². The second-order valence-electron chi connectivity index (χ2n) is 3.58. The first-order valence-electron chi connectivity index (χ1n) is 5.53. The van der Waals surface area contributed by atoms with Gasteiger partial charge in [-0.1, -0.05) is 19.4 Å². The number of aldehydes is 1. The quantitative estimate of drug-likeness (QED) is 0.316. The monoisotopic (exact) mass is 237 g/mol. The zero-order valence-corrected chi connectivity index (χ0v) is 9.72. The highest BCUT2D eigenvalue weighted by molar-refractivity contribution is 5.63. The molecule has 0 N–H and O–H groups in total. The molecule has 0 bridgehead atoms. The van der Waals surface area contributed by atoms with Crippen molar-refractivity contribution in [3.05, 3.63) is 33.9 Å². The van der Waals surface area contributed by atoms with Crippen molar-refractivity contribution < 1.29 is 14.5 Å². The van der Waals surface area contributed by atoms with Gasteiger partial charge in [0.1, 0.15) is 12.0 Å². The molecule has 0 unspecified atom stereocenters. The zero-order valence-electron chi connectivity index (χ0n) is 9.72. The molecule has 17 heavy (non-hydrogen) atoms. The lowest BCUT2D eigenvalue weighted by molar-refractivity contribution is -0.385. The highest BCUT2D eigenvalue weighted by Crippen LogP contribution is 2.28. The van der Waals surface area contributed by atoms with Gasteiger partial charge < -0.3 is 9.53 Å². The van der Waals surface area contributed by atoms with E-state index in [1.165, 1.54) is 6.07 Å². The van der Waals surface area contributed by atoms with Crippen LogP contribution in [0.4, 0.5) is 5.69 Å². The van der Waals surface area contributed by atoms with E-state index in [4.69, 9.17) is 4.74 Å². The summed E-state index contributed by atoms with van der Waals surface area (Å²) in [4.78, 5) is 20.9. The molecule has 0 heterocycles. The summed E-state index contributed by atoms with van der Waals surface area (Å²) >= 11 is 0. The van der Waals surface area contributed by atoms with Gasteiger partial charge in [0.05, 0.1) is 17.1 Å². The number of hydrogen-bond donors (Lipinski definition) is 0. The zero-order chi connectivity index (χ0) is 12.7. The van der Waals surface area contributed by atoms with Crippen LogP contribution in [0, 0.1) is 10.1 Å². The maximum Gasteiger partial charge on any atom is 0.276 e. The maximum atomic E-state index is 10.8. The first-order valence-corrected chi connectivity index (χ1v) is 5.53. The average molecular weight is 237 g/mol. The molecule has 0 radical (unpaired) electrons. The Balaban J connectivity index is 2.97. The molecule has 0 saturated heterocycles. The smallest absolute Gasteiger partial charge is 0.276 e. The summed E-state index contributed by atoms with van der Waals surface area (Å²) in [6.07, 6.45) is 2.51. The van der Waals surface area contributed by atoms with Gasteiger partial charge >= 0.3 is 0 Å². The molecule has 0 atom stereocenters. The topological polar surface area (TPSA) is 69.4 Å². The fourth-order valence-electron chi connectivity index (χ4n) is 1.48. The third kappa shape index (κ3) is 3.55. The largest absolute Gasteiger partial charge is 0.493 e. The van der Waals surface area contributed by atoms with Crippen LogP contribution in [-0.4, -0.2) is 17.8 Å². The molecule has 1 aromatic carbocycles. The van der Waals surface area contributed by atoms with E-state index in [1.807, 2.05) is 6.92 Å². The highest BCUT2D eigenvalue weighted by Gasteiger charge is 2.17. The second-order valence-corrected chi connectivity index (χ2v) is 3.58. The standard InChI is InChI=1S/C12H15NO4/c1-2-3-9-17-12-6-4-5-11(13(15)16)10(12)7-8-14/h4-6,8H,2-3,7,9H2,1H3. The Morgan fingerprint density at radius 2 is 2.24 bits per heavy atom. The number of carbonyl (C=O) groups is 1. The number of rotatable bonds is 7. The molecular weight excluding hydrogens is 222 g/mol. The molecule has 92 valence electrons. The van der Waals surface area contributed by atoms with E-state index in [1.54, 1.807) is 12.1 Å². The molecule has 1 aromatic rings. The Hall–Kier alpha value is -1.91. The number of nitro groups is 1. The van der Waals surface area contributed by atoms with E-state index in [9.17, 15) is 14.9 Å². The van der Waals surface area contributed by atoms with E-state index in [0.717, 1.165) is 12.8 Å². The summed E-state index contributed by atoms with van der Waals surface area (Å²) < 4.78 is 5.46. The first kappa shape index (κ1) is 13.2. The van der Waals surface area contributed by atoms with Crippen molar-refractivity contribution in [2.24, 2.45) is 0 Å². The van der Waals surface area contributed by atoms with Crippen LogP contribution in [0.2, 0.25) is 0 Å². The average Bonchev–Trinajstić information content (AvgIpc) is 2.31. The van der Waals surface area contributed by atoms with E-state index in [2.05, 4.69) is 0 Å². The Labute approximate surface area is 99.5 Å². The van der Waals surface area contributed by atoms with E-state index in [0.29, 0.717) is 24.2 Å². The van der Waals surface area contributed by atoms with Gasteiger partial charge in [-0.2, -0.15) is 0 Å². The van der Waals surface area contributed by atoms with Crippen LogP contribution in [0.3, 0.4) is 0 Å². The van der Waals surface area contributed by atoms with E-state index in [-0.39, 0.29) is 12.1 Å². The van der Waals surface area contributed by atoms with Crippen LogP contribution < -0.4 is 4.74 Å². The molecule has 0 aliphatic carbocycles. The summed E-state index contributed by atoms with van der Waals surface area (Å²) in [7, 11) is 0. The van der Waals surface area contributed by atoms with Crippen molar-refractivity contribution in [3.63, 3.8) is 0 Å². The van der Waals surface area contributed by atoms with Crippen molar-refractivity contribution in [1.82, 2.24) is 0 Å². The van der Waals surface area contributed by atoms with Gasteiger partial charge in [-0.15, -0.1) is 0 Å². The minimum Gasteiger partial charge on any atom is -0.493 e. The number of nitrogens with zero attached hydrogens (tertiary/aromatic N) is 1. The molecule has 0 saturated carbocycles. The number of benzene rings is 1. The molecule has 1 rings (SSSR count). The molecule has 0 aromatic heterocycles. The maximum absolute atomic E-state index is 10.8. The summed E-state index contributed by atoms with van der Waals surface area (Å²) in [6.45, 7) is 2.53. The Bertz CT molecular complexity index is 403. The van der Waals surface area contributed by atoms with Crippen LogP contribution in [0.15, 0.2) is 18.2 Å². The van der Waals surface area contributed by atoms with Crippen LogP contribution in [0.25, 0.3) is 0 Å². The molecule has 0 fully saturated rings. The van der Waals surface area contributed by atoms with Crippen LogP contribution in [0.1, 0.15) is 25.3 Å². The number of ether oxygens (including phenoxy) is 1. The third-order valence-corrected chi connectivity index (χ3v) is 2.35. The first-order chi connectivity index (χ1) is 8.20. The minimum absolute atomic E-state index is 0.00138. The lowest BCUT2D eigenvalue weighted by atomic mass is 10.1. The molecule has 5 nitrogen and oxygen atoms in total. The molecule has 0 aliphatic rings. The Kier molecular flexibility index (Phi) is 5.13. The molecule has 0 amide bonds. The van der Waals surface area contributed by atoms with Gasteiger partial charge in [-0.25, -0.2) is 0 Å². The van der Waals surface area contributed by atoms with Gasteiger partial charge in [0, 0.05) is 12.5 Å². The molecule has 0 aliphatic heterocycles. The molecule has 0 spiro atoms. The normalized spacial score (nSPS) is 9.94. The van der Waals surface area contributed by atoms with Gasteiger partial charge in [-0.3, -0.25) is 10.1 Å². The molecular formula is C12H15NO4. The second kappa shape index (κ2) is 6.62. The van der Waals surface area contributed by atoms with Crippen molar-refractivity contribution in [3.8, 4) is 5.75 Å². The van der Waals surface area contributed by atoms with Gasteiger partial charge in [-0.05, 0) is 12.5 Å². The van der Waals surface area contributed by atoms with E-state index < -0.39 is 4.92 Å². The number of carbonyl (C=O) groups excluding carboxylic acids is 1. The Morgan fingerprint density at radius 3 is 2.82 bits per heavy atom. The highest BCUT2D eigenvalue weighted by atomic mass is 16.6. The fourth-order valence-corrected chi connectivity index (χ4v) is 1.48. The van der Waals surface area contributed by atoms with Crippen molar-refractivity contribution >= 4 is 12.0 Å².